The molecule has 3 N–H and O–H groups in total. The van der Waals surface area contributed by atoms with Gasteiger partial charge in [0, 0.05) is 0 Å². The Morgan fingerprint density at radius 1 is 1.36 bits per heavy atom. The molecular formula is C7H11BrO3. The Morgan fingerprint density at radius 2 is 1.91 bits per heavy atom. The highest BCUT2D eigenvalue weighted by atomic mass is 79.9. The van der Waals surface area contributed by atoms with Crippen molar-refractivity contribution in [1.82, 2.24) is 0 Å². The van der Waals surface area contributed by atoms with Gasteiger partial charge in [-0.2, -0.15) is 0 Å². The van der Waals surface area contributed by atoms with E-state index in [-0.39, 0.29) is 0 Å². The summed E-state index contributed by atoms with van der Waals surface area (Å²) in [6.45, 7) is 1.68. The van der Waals surface area contributed by atoms with E-state index in [0.29, 0.717) is 5.57 Å². The summed E-state index contributed by atoms with van der Waals surface area (Å²) < 4.78 is 0. The highest BCUT2D eigenvalue weighted by molar-refractivity contribution is 9.09. The molecule has 1 aliphatic rings. The van der Waals surface area contributed by atoms with E-state index in [9.17, 15) is 15.3 Å². The Labute approximate surface area is 73.5 Å². The predicted molar refractivity (Wildman–Crippen MR) is 44.5 cm³/mol. The van der Waals surface area contributed by atoms with Crippen LogP contribution in [0.1, 0.15) is 6.92 Å². The van der Waals surface area contributed by atoms with Crippen LogP contribution in [0.3, 0.4) is 0 Å². The second-order valence-electron chi connectivity index (χ2n) is 2.78. The van der Waals surface area contributed by atoms with Crippen molar-refractivity contribution in [2.75, 3.05) is 0 Å². The Hall–Kier alpha value is 0.100. The molecule has 0 aromatic rings. The van der Waals surface area contributed by atoms with E-state index in [0.717, 1.165) is 0 Å². The third kappa shape index (κ3) is 1.64. The first-order valence-corrected chi connectivity index (χ1v) is 4.32. The lowest BCUT2D eigenvalue weighted by Gasteiger charge is -2.30. The predicted octanol–water partition coefficient (Wildman–Crippen LogP) is -0.207. The zero-order valence-corrected chi connectivity index (χ0v) is 7.69. The van der Waals surface area contributed by atoms with Crippen LogP contribution in [-0.4, -0.2) is 38.5 Å². The molecule has 0 unspecified atom stereocenters. The first-order chi connectivity index (χ1) is 5.04. The van der Waals surface area contributed by atoms with Gasteiger partial charge in [-0.15, -0.1) is 0 Å². The molecule has 4 heteroatoms. The largest absolute Gasteiger partial charge is 0.389 e. The second-order valence-corrected chi connectivity index (χ2v) is 3.84. The molecule has 64 valence electrons. The van der Waals surface area contributed by atoms with Gasteiger partial charge in [-0.1, -0.05) is 22.0 Å². The monoisotopic (exact) mass is 222 g/mol. The topological polar surface area (TPSA) is 60.7 Å². The van der Waals surface area contributed by atoms with Crippen molar-refractivity contribution in [2.24, 2.45) is 0 Å². The lowest BCUT2D eigenvalue weighted by molar-refractivity contribution is 0.0107. The molecule has 0 aromatic carbocycles. The minimum Gasteiger partial charge on any atom is -0.389 e. The number of aliphatic hydroxyl groups is 3. The van der Waals surface area contributed by atoms with Crippen molar-refractivity contribution >= 4 is 15.9 Å². The SMILES string of the molecule is CC1=C[C@@H](O)[C@H](Br)[C@H](O)[C@H]1O. The van der Waals surface area contributed by atoms with Crippen molar-refractivity contribution in [2.45, 2.75) is 30.1 Å². The van der Waals surface area contributed by atoms with Crippen LogP contribution in [0, 0.1) is 0 Å². The van der Waals surface area contributed by atoms with Crippen molar-refractivity contribution in [3.63, 3.8) is 0 Å². The smallest absolute Gasteiger partial charge is 0.102 e. The number of aliphatic hydroxyl groups excluding tert-OH is 3. The van der Waals surface area contributed by atoms with Crippen LogP contribution in [0.15, 0.2) is 11.6 Å². The Kier molecular flexibility index (Phi) is 2.70. The van der Waals surface area contributed by atoms with Crippen LogP contribution in [0.5, 0.6) is 0 Å². The standard InChI is InChI=1S/C7H11BrO3/c1-3-2-4(9)5(8)7(11)6(3)10/h2,4-7,9-11H,1H3/t4-,5+,6+,7+/m1/s1. The molecule has 0 aliphatic heterocycles. The van der Waals surface area contributed by atoms with Gasteiger partial charge in [-0.05, 0) is 12.5 Å². The Morgan fingerprint density at radius 3 is 2.45 bits per heavy atom. The van der Waals surface area contributed by atoms with Crippen molar-refractivity contribution in [3.8, 4) is 0 Å². The third-order valence-electron chi connectivity index (χ3n) is 1.88. The fourth-order valence-corrected chi connectivity index (χ4v) is 1.55. The maximum atomic E-state index is 9.29. The van der Waals surface area contributed by atoms with E-state index in [4.69, 9.17) is 0 Å². The van der Waals surface area contributed by atoms with Crippen molar-refractivity contribution < 1.29 is 15.3 Å². The lowest BCUT2D eigenvalue weighted by Crippen LogP contribution is -2.44. The van der Waals surface area contributed by atoms with Gasteiger partial charge in [0.25, 0.3) is 0 Å². The summed E-state index contributed by atoms with van der Waals surface area (Å²) in [6, 6.07) is 0. The van der Waals surface area contributed by atoms with Gasteiger partial charge in [-0.3, -0.25) is 0 Å². The molecule has 0 spiro atoms. The molecule has 0 heterocycles. The molecule has 0 bridgehead atoms. The van der Waals surface area contributed by atoms with Crippen LogP contribution < -0.4 is 0 Å². The lowest BCUT2D eigenvalue weighted by atomic mass is 9.93. The zero-order chi connectivity index (χ0) is 8.59. The van der Waals surface area contributed by atoms with Gasteiger partial charge in [0.1, 0.15) is 6.10 Å². The maximum absolute atomic E-state index is 9.29. The van der Waals surface area contributed by atoms with Crippen LogP contribution in [0.25, 0.3) is 0 Å². The quantitative estimate of drug-likeness (QED) is 0.393. The summed E-state index contributed by atoms with van der Waals surface area (Å²) in [5.41, 5.74) is 0.612. The second kappa shape index (κ2) is 3.23. The van der Waals surface area contributed by atoms with E-state index < -0.39 is 23.1 Å². The van der Waals surface area contributed by atoms with E-state index in [1.54, 1.807) is 6.92 Å². The van der Waals surface area contributed by atoms with E-state index in [2.05, 4.69) is 15.9 Å². The van der Waals surface area contributed by atoms with Gasteiger partial charge < -0.3 is 15.3 Å². The van der Waals surface area contributed by atoms with Crippen molar-refractivity contribution in [3.05, 3.63) is 11.6 Å². The molecule has 0 radical (unpaired) electrons. The maximum Gasteiger partial charge on any atom is 0.102 e. The van der Waals surface area contributed by atoms with Gasteiger partial charge in [0.15, 0.2) is 0 Å². The highest BCUT2D eigenvalue weighted by Gasteiger charge is 2.34. The molecule has 0 aromatic heterocycles. The minimum atomic E-state index is -0.921. The molecule has 0 amide bonds. The van der Waals surface area contributed by atoms with Crippen LogP contribution in [-0.2, 0) is 0 Å². The fraction of sp³-hybridized carbons (Fsp3) is 0.714. The third-order valence-corrected chi connectivity index (χ3v) is 2.96. The van der Waals surface area contributed by atoms with E-state index in [1.807, 2.05) is 0 Å². The summed E-state index contributed by atoms with van der Waals surface area (Å²) in [4.78, 5) is -0.471. The number of halogens is 1. The number of hydrogen-bond acceptors (Lipinski definition) is 3. The van der Waals surface area contributed by atoms with E-state index in [1.165, 1.54) is 6.08 Å². The molecule has 11 heavy (non-hydrogen) atoms. The van der Waals surface area contributed by atoms with Gasteiger partial charge in [-0.25, -0.2) is 0 Å². The Balaban J connectivity index is 2.83. The van der Waals surface area contributed by atoms with E-state index >= 15 is 0 Å². The number of alkyl halides is 1. The summed E-state index contributed by atoms with van der Waals surface area (Å²) in [6.07, 6.45) is -0.956. The number of hydrogen-bond donors (Lipinski definition) is 3. The van der Waals surface area contributed by atoms with Crippen molar-refractivity contribution in [1.29, 1.82) is 0 Å². The average molecular weight is 223 g/mol. The molecule has 3 nitrogen and oxygen atoms in total. The molecule has 1 aliphatic carbocycles. The average Bonchev–Trinajstić information content (AvgIpc) is 1.97. The molecule has 0 saturated carbocycles. The van der Waals surface area contributed by atoms with Crippen LogP contribution in [0.4, 0.5) is 0 Å². The van der Waals surface area contributed by atoms with Crippen LogP contribution in [0.2, 0.25) is 0 Å². The van der Waals surface area contributed by atoms with Crippen LogP contribution >= 0.6 is 15.9 Å². The molecular weight excluding hydrogens is 212 g/mol. The fourth-order valence-electron chi connectivity index (χ4n) is 1.11. The minimum absolute atomic E-state index is 0.471. The highest BCUT2D eigenvalue weighted by Crippen LogP contribution is 2.24. The Bertz CT molecular complexity index is 181. The zero-order valence-electron chi connectivity index (χ0n) is 6.11. The summed E-state index contributed by atoms with van der Waals surface area (Å²) >= 11 is 3.08. The molecule has 4 atom stereocenters. The first kappa shape index (κ1) is 9.19. The normalized spacial score (nSPS) is 45.4. The van der Waals surface area contributed by atoms with Gasteiger partial charge >= 0.3 is 0 Å². The summed E-state index contributed by atoms with van der Waals surface area (Å²) in [7, 11) is 0. The first-order valence-electron chi connectivity index (χ1n) is 3.40. The molecule has 0 saturated heterocycles. The summed E-state index contributed by atoms with van der Waals surface area (Å²) in [5.74, 6) is 0. The number of rotatable bonds is 0. The molecule has 1 rings (SSSR count). The molecule has 0 fully saturated rings. The summed E-state index contributed by atoms with van der Waals surface area (Å²) in [5, 5.41) is 27.8. The van der Waals surface area contributed by atoms with Gasteiger partial charge in [0.2, 0.25) is 0 Å². The van der Waals surface area contributed by atoms with Gasteiger partial charge in [0.05, 0.1) is 17.0 Å².